The van der Waals surface area contributed by atoms with Gasteiger partial charge in [-0.3, -0.25) is 10.1 Å². The molecule has 112 valence electrons. The summed E-state index contributed by atoms with van der Waals surface area (Å²) in [7, 11) is 0. The number of anilines is 1. The lowest BCUT2D eigenvalue weighted by Gasteiger charge is -2.14. The second kappa shape index (κ2) is 6.45. The number of aromatic nitrogens is 1. The molecule has 1 atom stereocenters. The highest BCUT2D eigenvalue weighted by molar-refractivity contribution is 7.15. The first-order valence-corrected chi connectivity index (χ1v) is 7.74. The Bertz CT molecular complexity index is 650. The predicted molar refractivity (Wildman–Crippen MR) is 86.5 cm³/mol. The molecule has 0 unspecified atom stereocenters. The van der Waals surface area contributed by atoms with Gasteiger partial charge in [-0.2, -0.15) is 0 Å². The van der Waals surface area contributed by atoms with E-state index in [-0.39, 0.29) is 5.91 Å². The van der Waals surface area contributed by atoms with Gasteiger partial charge in [-0.1, -0.05) is 11.6 Å². The van der Waals surface area contributed by atoms with Gasteiger partial charge < -0.3 is 4.74 Å². The molecule has 4 nitrogen and oxygen atoms in total. The van der Waals surface area contributed by atoms with Crippen molar-refractivity contribution in [3.63, 3.8) is 0 Å². The lowest BCUT2D eigenvalue weighted by molar-refractivity contribution is -0.122. The molecule has 0 saturated heterocycles. The minimum atomic E-state index is -0.616. The van der Waals surface area contributed by atoms with Crippen LogP contribution < -0.4 is 10.1 Å². The van der Waals surface area contributed by atoms with Gasteiger partial charge in [0.2, 0.25) is 0 Å². The smallest absolute Gasteiger partial charge is 0.266 e. The standard InChI is InChI=1S/C15H17ClN2O2S/c1-8-7-12(5-6-13(8)16)20-10(3)14(19)18-15-17-9(2)11(4)21-15/h5-7,10H,1-4H3,(H,17,18,19)/t10-/m0/s1. The number of carbonyl (C=O) groups excluding carboxylic acids is 1. The quantitative estimate of drug-likeness (QED) is 0.920. The zero-order valence-corrected chi connectivity index (χ0v) is 13.9. The van der Waals surface area contributed by atoms with Gasteiger partial charge in [0.25, 0.3) is 5.91 Å². The van der Waals surface area contributed by atoms with Crippen molar-refractivity contribution in [3.8, 4) is 5.75 Å². The molecule has 1 aromatic heterocycles. The summed E-state index contributed by atoms with van der Waals surface area (Å²) >= 11 is 7.42. The third-order valence-corrected chi connectivity index (χ3v) is 4.48. The summed E-state index contributed by atoms with van der Waals surface area (Å²) < 4.78 is 5.63. The molecule has 6 heteroatoms. The third kappa shape index (κ3) is 3.95. The number of hydrogen-bond donors (Lipinski definition) is 1. The molecule has 0 aliphatic carbocycles. The fourth-order valence-corrected chi connectivity index (χ4v) is 2.62. The van der Waals surface area contributed by atoms with E-state index >= 15 is 0 Å². The zero-order valence-electron chi connectivity index (χ0n) is 12.4. The highest BCUT2D eigenvalue weighted by Gasteiger charge is 2.17. The van der Waals surface area contributed by atoms with E-state index in [2.05, 4.69) is 10.3 Å². The number of ether oxygens (including phenoxy) is 1. The summed E-state index contributed by atoms with van der Waals surface area (Å²) in [6, 6.07) is 5.31. The first-order chi connectivity index (χ1) is 9.86. The normalized spacial score (nSPS) is 12.0. The molecule has 1 heterocycles. The molecule has 0 radical (unpaired) electrons. The summed E-state index contributed by atoms with van der Waals surface area (Å²) in [6.45, 7) is 7.48. The molecular weight excluding hydrogens is 308 g/mol. The van der Waals surface area contributed by atoms with Crippen LogP contribution in [0.3, 0.4) is 0 Å². The second-order valence-corrected chi connectivity index (χ2v) is 6.43. The highest BCUT2D eigenvalue weighted by Crippen LogP contribution is 2.23. The Morgan fingerprint density at radius 1 is 1.38 bits per heavy atom. The van der Waals surface area contributed by atoms with Crippen LogP contribution in [-0.4, -0.2) is 17.0 Å². The van der Waals surface area contributed by atoms with Crippen LogP contribution in [0.1, 0.15) is 23.1 Å². The Hall–Kier alpha value is -1.59. The van der Waals surface area contributed by atoms with Crippen LogP contribution >= 0.6 is 22.9 Å². The number of halogens is 1. The van der Waals surface area contributed by atoms with Crippen molar-refractivity contribution in [1.82, 2.24) is 4.98 Å². The van der Waals surface area contributed by atoms with E-state index in [0.717, 1.165) is 16.1 Å². The molecule has 2 aromatic rings. The van der Waals surface area contributed by atoms with E-state index in [1.54, 1.807) is 19.1 Å². The average Bonchev–Trinajstić information content (AvgIpc) is 2.72. The Morgan fingerprint density at radius 2 is 2.10 bits per heavy atom. The Labute approximate surface area is 133 Å². The molecule has 1 N–H and O–H groups in total. The third-order valence-electron chi connectivity index (χ3n) is 3.07. The summed E-state index contributed by atoms with van der Waals surface area (Å²) in [6.07, 6.45) is -0.616. The number of carbonyl (C=O) groups is 1. The topological polar surface area (TPSA) is 51.2 Å². The van der Waals surface area contributed by atoms with Crippen molar-refractivity contribution in [2.24, 2.45) is 0 Å². The van der Waals surface area contributed by atoms with Gasteiger partial charge in [0.05, 0.1) is 5.69 Å². The van der Waals surface area contributed by atoms with Gasteiger partial charge in [0.1, 0.15) is 5.75 Å². The van der Waals surface area contributed by atoms with E-state index in [4.69, 9.17) is 16.3 Å². The molecular formula is C15H17ClN2O2S. The van der Waals surface area contributed by atoms with Crippen molar-refractivity contribution in [3.05, 3.63) is 39.4 Å². The SMILES string of the molecule is Cc1cc(O[C@@H](C)C(=O)Nc2nc(C)c(C)s2)ccc1Cl. The van der Waals surface area contributed by atoms with Gasteiger partial charge in [0.15, 0.2) is 11.2 Å². The Kier molecular flexibility index (Phi) is 4.85. The van der Waals surface area contributed by atoms with Crippen molar-refractivity contribution >= 4 is 34.0 Å². The second-order valence-electron chi connectivity index (χ2n) is 4.82. The molecule has 1 aromatic carbocycles. The van der Waals surface area contributed by atoms with E-state index in [1.165, 1.54) is 11.3 Å². The van der Waals surface area contributed by atoms with Crippen LogP contribution in [-0.2, 0) is 4.79 Å². The molecule has 0 aliphatic heterocycles. The summed E-state index contributed by atoms with van der Waals surface area (Å²) in [5, 5.41) is 4.04. The minimum absolute atomic E-state index is 0.226. The van der Waals surface area contributed by atoms with Crippen LogP contribution in [0.5, 0.6) is 5.75 Å². The molecule has 0 bridgehead atoms. The van der Waals surface area contributed by atoms with Crippen LogP contribution in [0.2, 0.25) is 5.02 Å². The number of rotatable bonds is 4. The first kappa shape index (κ1) is 15.8. The van der Waals surface area contributed by atoms with Gasteiger partial charge >= 0.3 is 0 Å². The zero-order chi connectivity index (χ0) is 15.6. The molecule has 2 rings (SSSR count). The van der Waals surface area contributed by atoms with Crippen molar-refractivity contribution in [2.75, 3.05) is 5.32 Å². The van der Waals surface area contributed by atoms with E-state index in [9.17, 15) is 4.79 Å². The van der Waals surface area contributed by atoms with Crippen molar-refractivity contribution in [1.29, 1.82) is 0 Å². The molecule has 0 fully saturated rings. The fraction of sp³-hybridized carbons (Fsp3) is 0.333. The van der Waals surface area contributed by atoms with E-state index in [1.807, 2.05) is 26.8 Å². The maximum absolute atomic E-state index is 12.1. The maximum Gasteiger partial charge on any atom is 0.266 e. The van der Waals surface area contributed by atoms with Crippen molar-refractivity contribution < 1.29 is 9.53 Å². The van der Waals surface area contributed by atoms with Crippen LogP contribution in [0, 0.1) is 20.8 Å². The number of amides is 1. The summed E-state index contributed by atoms with van der Waals surface area (Å²) in [5.41, 5.74) is 1.84. The number of hydrogen-bond acceptors (Lipinski definition) is 4. The predicted octanol–water partition coefficient (Wildman–Crippen LogP) is 4.13. The number of nitrogens with one attached hydrogen (secondary N) is 1. The lowest BCUT2D eigenvalue weighted by atomic mass is 10.2. The first-order valence-electron chi connectivity index (χ1n) is 6.54. The van der Waals surface area contributed by atoms with Crippen molar-refractivity contribution in [2.45, 2.75) is 33.8 Å². The van der Waals surface area contributed by atoms with Crippen LogP contribution in [0.4, 0.5) is 5.13 Å². The molecule has 0 spiro atoms. The van der Waals surface area contributed by atoms with Gasteiger partial charge in [-0.05, 0) is 51.5 Å². The maximum atomic E-state index is 12.1. The molecule has 0 aliphatic rings. The van der Waals surface area contributed by atoms with Gasteiger partial charge in [0, 0.05) is 9.90 Å². The fourth-order valence-electron chi connectivity index (χ4n) is 1.68. The Morgan fingerprint density at radius 3 is 2.67 bits per heavy atom. The number of aryl methyl sites for hydroxylation is 3. The summed E-state index contributed by atoms with van der Waals surface area (Å²) in [4.78, 5) is 17.5. The Balaban J connectivity index is 2.00. The largest absolute Gasteiger partial charge is 0.481 e. The van der Waals surface area contributed by atoms with Gasteiger partial charge in [-0.15, -0.1) is 11.3 Å². The summed E-state index contributed by atoms with van der Waals surface area (Å²) in [5.74, 6) is 0.391. The minimum Gasteiger partial charge on any atom is -0.481 e. The molecule has 0 saturated carbocycles. The van der Waals surface area contributed by atoms with E-state index in [0.29, 0.717) is 15.9 Å². The van der Waals surface area contributed by atoms with Gasteiger partial charge in [-0.25, -0.2) is 4.98 Å². The lowest BCUT2D eigenvalue weighted by Crippen LogP contribution is -2.30. The molecule has 21 heavy (non-hydrogen) atoms. The monoisotopic (exact) mass is 324 g/mol. The van der Waals surface area contributed by atoms with Crippen LogP contribution in [0.25, 0.3) is 0 Å². The van der Waals surface area contributed by atoms with Crippen LogP contribution in [0.15, 0.2) is 18.2 Å². The number of nitrogens with zero attached hydrogens (tertiary/aromatic N) is 1. The highest BCUT2D eigenvalue weighted by atomic mass is 35.5. The molecule has 1 amide bonds. The average molecular weight is 325 g/mol. The number of benzene rings is 1. The van der Waals surface area contributed by atoms with E-state index < -0.39 is 6.10 Å². The number of thiazole rings is 1.